The monoisotopic (exact) mass is 281 g/mol. The fourth-order valence-electron chi connectivity index (χ4n) is 2.96. The van der Waals surface area contributed by atoms with E-state index >= 15 is 0 Å². The third-order valence-electron chi connectivity index (χ3n) is 4.11. The molecule has 1 aliphatic rings. The van der Waals surface area contributed by atoms with Crippen LogP contribution in [0.5, 0.6) is 0 Å². The number of aliphatic hydroxyl groups is 1. The molecule has 1 aromatic carbocycles. The molecule has 1 fully saturated rings. The lowest BCUT2D eigenvalue weighted by molar-refractivity contribution is 0.137. The van der Waals surface area contributed by atoms with Crippen LogP contribution in [0.25, 0.3) is 0 Å². The van der Waals surface area contributed by atoms with E-state index in [0.29, 0.717) is 6.54 Å². The van der Waals surface area contributed by atoms with E-state index in [1.165, 1.54) is 25.7 Å². The van der Waals surface area contributed by atoms with Crippen LogP contribution in [0.1, 0.15) is 50.6 Å². The minimum Gasteiger partial charge on any atom is -0.392 e. The zero-order chi connectivity index (χ0) is 13.7. The Kier molecular flexibility index (Phi) is 5.68. The van der Waals surface area contributed by atoms with Crippen LogP contribution >= 0.6 is 11.6 Å². The van der Waals surface area contributed by atoms with Crippen molar-refractivity contribution in [3.63, 3.8) is 0 Å². The zero-order valence-corrected chi connectivity index (χ0v) is 12.4. The second kappa shape index (κ2) is 7.28. The molecule has 1 aliphatic carbocycles. The first kappa shape index (κ1) is 14.8. The molecule has 106 valence electrons. The quantitative estimate of drug-likeness (QED) is 0.828. The van der Waals surface area contributed by atoms with Gasteiger partial charge in [0, 0.05) is 17.6 Å². The van der Waals surface area contributed by atoms with E-state index < -0.39 is 0 Å². The summed E-state index contributed by atoms with van der Waals surface area (Å²) >= 11 is 6.17. The van der Waals surface area contributed by atoms with E-state index in [0.717, 1.165) is 22.9 Å². The van der Waals surface area contributed by atoms with E-state index in [1.807, 2.05) is 24.3 Å². The molecule has 2 rings (SSSR count). The molecule has 0 heterocycles. The summed E-state index contributed by atoms with van der Waals surface area (Å²) in [7, 11) is 0. The van der Waals surface area contributed by atoms with Gasteiger partial charge in [0.05, 0.1) is 6.10 Å². The lowest BCUT2D eigenvalue weighted by Gasteiger charge is -2.20. The van der Waals surface area contributed by atoms with Gasteiger partial charge in [0.1, 0.15) is 0 Å². The van der Waals surface area contributed by atoms with Crippen LogP contribution in [-0.4, -0.2) is 17.8 Å². The molecule has 3 heteroatoms. The number of rotatable bonds is 6. The summed E-state index contributed by atoms with van der Waals surface area (Å²) in [5, 5.41) is 14.2. The Bertz CT molecular complexity index is 390. The van der Waals surface area contributed by atoms with Crippen LogP contribution in [0.4, 0.5) is 0 Å². The van der Waals surface area contributed by atoms with Gasteiger partial charge >= 0.3 is 0 Å². The maximum Gasteiger partial charge on any atom is 0.0667 e. The van der Waals surface area contributed by atoms with Gasteiger partial charge in [-0.15, -0.1) is 0 Å². The molecule has 1 aromatic rings. The summed E-state index contributed by atoms with van der Waals surface area (Å²) in [6.45, 7) is 2.73. The first-order valence-corrected chi connectivity index (χ1v) is 7.70. The van der Waals surface area contributed by atoms with E-state index in [9.17, 15) is 5.11 Å². The predicted octanol–water partition coefficient (Wildman–Crippen LogP) is 3.93. The fraction of sp³-hybridized carbons (Fsp3) is 0.625. The summed E-state index contributed by atoms with van der Waals surface area (Å²) in [6, 6.07) is 8.04. The highest BCUT2D eigenvalue weighted by Gasteiger charge is 2.19. The second-order valence-electron chi connectivity index (χ2n) is 5.69. The topological polar surface area (TPSA) is 32.3 Å². The molecular weight excluding hydrogens is 258 g/mol. The van der Waals surface area contributed by atoms with Crippen molar-refractivity contribution in [2.75, 3.05) is 6.54 Å². The third-order valence-corrected chi connectivity index (χ3v) is 4.46. The van der Waals surface area contributed by atoms with Gasteiger partial charge in [-0.2, -0.15) is 0 Å². The lowest BCUT2D eigenvalue weighted by Crippen LogP contribution is -2.30. The SMILES string of the molecule is C[C@@H](NCC(O)CC1CCCC1)c1ccccc1Cl. The maximum absolute atomic E-state index is 10.1. The Balaban J connectivity index is 1.76. The molecule has 0 amide bonds. The molecule has 0 aliphatic heterocycles. The molecule has 0 aromatic heterocycles. The third kappa shape index (κ3) is 4.48. The predicted molar refractivity (Wildman–Crippen MR) is 80.5 cm³/mol. The fourth-order valence-corrected chi connectivity index (χ4v) is 3.26. The minimum absolute atomic E-state index is 0.173. The van der Waals surface area contributed by atoms with Crippen LogP contribution in [0.3, 0.4) is 0 Å². The van der Waals surface area contributed by atoms with Crippen molar-refractivity contribution < 1.29 is 5.11 Å². The molecular formula is C16H24ClNO. The molecule has 2 nitrogen and oxygen atoms in total. The molecule has 0 radical (unpaired) electrons. The van der Waals surface area contributed by atoms with E-state index in [-0.39, 0.29) is 12.1 Å². The van der Waals surface area contributed by atoms with Crippen LogP contribution in [0.2, 0.25) is 5.02 Å². The number of aliphatic hydroxyl groups excluding tert-OH is 1. The van der Waals surface area contributed by atoms with Crippen molar-refractivity contribution in [1.82, 2.24) is 5.32 Å². The average molecular weight is 282 g/mol. The molecule has 0 bridgehead atoms. The number of nitrogens with one attached hydrogen (secondary N) is 1. The van der Waals surface area contributed by atoms with E-state index in [4.69, 9.17) is 11.6 Å². The molecule has 19 heavy (non-hydrogen) atoms. The van der Waals surface area contributed by atoms with Crippen molar-refractivity contribution >= 4 is 11.6 Å². The van der Waals surface area contributed by atoms with Gasteiger partial charge in [-0.05, 0) is 30.9 Å². The number of halogens is 1. The highest BCUT2D eigenvalue weighted by Crippen LogP contribution is 2.28. The first-order valence-electron chi connectivity index (χ1n) is 7.32. The van der Waals surface area contributed by atoms with Gasteiger partial charge in [0.2, 0.25) is 0 Å². The summed E-state index contributed by atoms with van der Waals surface area (Å²) in [5.74, 6) is 0.729. The first-order chi connectivity index (χ1) is 9.16. The summed E-state index contributed by atoms with van der Waals surface area (Å²) in [6.07, 6.45) is 5.94. The normalized spacial score (nSPS) is 19.5. The highest BCUT2D eigenvalue weighted by atomic mass is 35.5. The van der Waals surface area contributed by atoms with Crippen molar-refractivity contribution in [1.29, 1.82) is 0 Å². The van der Waals surface area contributed by atoms with Crippen LogP contribution in [0.15, 0.2) is 24.3 Å². The standard InChI is InChI=1S/C16H24ClNO/c1-12(15-8-4-5-9-16(15)17)18-11-14(19)10-13-6-2-3-7-13/h4-5,8-9,12-14,18-19H,2-3,6-7,10-11H2,1H3/t12-,14?/m1/s1. The highest BCUT2D eigenvalue weighted by molar-refractivity contribution is 6.31. The largest absolute Gasteiger partial charge is 0.392 e. The second-order valence-corrected chi connectivity index (χ2v) is 6.10. The lowest BCUT2D eigenvalue weighted by atomic mass is 9.99. The molecule has 1 saturated carbocycles. The number of hydrogen-bond donors (Lipinski definition) is 2. The van der Waals surface area contributed by atoms with Crippen LogP contribution < -0.4 is 5.32 Å². The Morgan fingerprint density at radius 3 is 2.68 bits per heavy atom. The van der Waals surface area contributed by atoms with E-state index in [2.05, 4.69) is 12.2 Å². The number of benzene rings is 1. The van der Waals surface area contributed by atoms with Crippen molar-refractivity contribution in [2.45, 2.75) is 51.2 Å². The smallest absolute Gasteiger partial charge is 0.0667 e. The number of hydrogen-bond acceptors (Lipinski definition) is 2. The van der Waals surface area contributed by atoms with Crippen molar-refractivity contribution in [2.24, 2.45) is 5.92 Å². The van der Waals surface area contributed by atoms with Gasteiger partial charge in [0.15, 0.2) is 0 Å². The molecule has 0 spiro atoms. The zero-order valence-electron chi connectivity index (χ0n) is 11.6. The molecule has 2 atom stereocenters. The van der Waals surface area contributed by atoms with Crippen molar-refractivity contribution in [3.05, 3.63) is 34.9 Å². The Labute approximate surface area is 121 Å². The average Bonchev–Trinajstić information content (AvgIpc) is 2.89. The van der Waals surface area contributed by atoms with Gasteiger partial charge < -0.3 is 10.4 Å². The van der Waals surface area contributed by atoms with Crippen molar-refractivity contribution in [3.8, 4) is 0 Å². The molecule has 1 unspecified atom stereocenters. The Morgan fingerprint density at radius 2 is 2.00 bits per heavy atom. The van der Waals surface area contributed by atoms with Crippen LogP contribution in [0, 0.1) is 5.92 Å². The van der Waals surface area contributed by atoms with Crippen LogP contribution in [-0.2, 0) is 0 Å². The summed E-state index contributed by atoms with van der Waals surface area (Å²) < 4.78 is 0. The minimum atomic E-state index is -0.243. The maximum atomic E-state index is 10.1. The van der Waals surface area contributed by atoms with Gasteiger partial charge in [-0.1, -0.05) is 55.5 Å². The van der Waals surface area contributed by atoms with Gasteiger partial charge in [0.25, 0.3) is 0 Å². The Morgan fingerprint density at radius 1 is 1.32 bits per heavy atom. The summed E-state index contributed by atoms with van der Waals surface area (Å²) in [5.41, 5.74) is 1.09. The Hall–Kier alpha value is -0.570. The van der Waals surface area contributed by atoms with Gasteiger partial charge in [-0.3, -0.25) is 0 Å². The molecule has 2 N–H and O–H groups in total. The van der Waals surface area contributed by atoms with Gasteiger partial charge in [-0.25, -0.2) is 0 Å². The van der Waals surface area contributed by atoms with E-state index in [1.54, 1.807) is 0 Å². The summed E-state index contributed by atoms with van der Waals surface area (Å²) in [4.78, 5) is 0. The molecule has 0 saturated heterocycles.